The molecule has 0 atom stereocenters. The molecule has 2 aromatic heterocycles. The second-order valence-corrected chi connectivity index (χ2v) is 8.39. The monoisotopic (exact) mass is 460 g/mol. The summed E-state index contributed by atoms with van der Waals surface area (Å²) in [4.78, 5) is 20.1. The number of anilines is 1. The smallest absolute Gasteiger partial charge is 0.260 e. The number of nitrogens with two attached hydrogens (primary N) is 1. The molecule has 4 aromatic rings. The van der Waals surface area contributed by atoms with E-state index in [1.165, 1.54) is 0 Å². The Balaban J connectivity index is 1.14. The fourth-order valence-corrected chi connectivity index (χ4v) is 4.29. The number of carbonyl (C=O) groups is 1. The first-order valence-corrected chi connectivity index (χ1v) is 11.5. The van der Waals surface area contributed by atoms with Crippen LogP contribution in [0.5, 0.6) is 5.75 Å². The zero-order chi connectivity index (χ0) is 23.5. The second-order valence-electron chi connectivity index (χ2n) is 8.39. The van der Waals surface area contributed by atoms with E-state index in [-0.39, 0.29) is 12.5 Å². The standard InChI is InChI=1S/C25H28N6O3/c1-17-28-29-25(34-17)18-2-4-20(5-3-18)30-10-12-31(13-11-30)24(32)16-33-21-6-7-23-22(14-21)19(8-9-26)15-27-23/h2-7,14-15,27H,8-13,16,26H2,1H3. The predicted octanol–water partition coefficient (Wildman–Crippen LogP) is 2.76. The van der Waals surface area contributed by atoms with Crippen LogP contribution >= 0.6 is 0 Å². The van der Waals surface area contributed by atoms with E-state index in [0.717, 1.165) is 47.2 Å². The van der Waals surface area contributed by atoms with Crippen LogP contribution in [-0.4, -0.2) is 65.3 Å². The first-order valence-electron chi connectivity index (χ1n) is 11.5. The van der Waals surface area contributed by atoms with Crippen molar-refractivity contribution in [3.05, 3.63) is 60.1 Å². The zero-order valence-electron chi connectivity index (χ0n) is 19.2. The molecule has 9 nitrogen and oxygen atoms in total. The molecule has 176 valence electrons. The molecule has 34 heavy (non-hydrogen) atoms. The third-order valence-electron chi connectivity index (χ3n) is 6.15. The molecule has 1 saturated heterocycles. The summed E-state index contributed by atoms with van der Waals surface area (Å²) in [6.45, 7) is 5.24. The summed E-state index contributed by atoms with van der Waals surface area (Å²) in [5, 5.41) is 9.02. The Morgan fingerprint density at radius 2 is 1.91 bits per heavy atom. The zero-order valence-corrected chi connectivity index (χ0v) is 19.2. The number of hydrogen-bond donors (Lipinski definition) is 2. The number of nitrogens with one attached hydrogen (secondary N) is 1. The molecule has 0 spiro atoms. The van der Waals surface area contributed by atoms with E-state index in [4.69, 9.17) is 14.9 Å². The number of carbonyl (C=O) groups excluding carboxylic acids is 1. The van der Waals surface area contributed by atoms with Crippen molar-refractivity contribution in [3.63, 3.8) is 0 Å². The van der Waals surface area contributed by atoms with E-state index in [1.54, 1.807) is 6.92 Å². The Labute approximate surface area is 197 Å². The SMILES string of the molecule is Cc1nnc(-c2ccc(N3CCN(C(=O)COc4ccc5[nH]cc(CCN)c5c4)CC3)cc2)o1. The maximum atomic E-state index is 12.7. The second kappa shape index (κ2) is 9.56. The predicted molar refractivity (Wildman–Crippen MR) is 130 cm³/mol. The van der Waals surface area contributed by atoms with E-state index in [9.17, 15) is 4.79 Å². The van der Waals surface area contributed by atoms with E-state index >= 15 is 0 Å². The molecule has 9 heteroatoms. The Bertz CT molecular complexity index is 1270. The molecular formula is C25H28N6O3. The third kappa shape index (κ3) is 4.60. The number of benzene rings is 2. The molecule has 1 aliphatic rings. The number of aryl methyl sites for hydroxylation is 1. The number of fused-ring (bicyclic) bond motifs is 1. The van der Waals surface area contributed by atoms with E-state index < -0.39 is 0 Å². The van der Waals surface area contributed by atoms with Crippen molar-refractivity contribution < 1.29 is 13.9 Å². The average Bonchev–Trinajstić information content (AvgIpc) is 3.49. The summed E-state index contributed by atoms with van der Waals surface area (Å²) in [7, 11) is 0. The average molecular weight is 461 g/mol. The van der Waals surface area contributed by atoms with Gasteiger partial charge in [0, 0.05) is 61.5 Å². The number of nitrogens with zero attached hydrogens (tertiary/aromatic N) is 4. The van der Waals surface area contributed by atoms with Crippen molar-refractivity contribution in [2.75, 3.05) is 44.2 Å². The quantitative estimate of drug-likeness (QED) is 0.436. The van der Waals surface area contributed by atoms with Crippen LogP contribution in [0.3, 0.4) is 0 Å². The van der Waals surface area contributed by atoms with Gasteiger partial charge >= 0.3 is 0 Å². The fraction of sp³-hybridized carbons (Fsp3) is 0.320. The van der Waals surface area contributed by atoms with Crippen LogP contribution in [0.15, 0.2) is 53.1 Å². The normalized spacial score (nSPS) is 14.1. The Hall–Kier alpha value is -3.85. The highest BCUT2D eigenvalue weighted by Gasteiger charge is 2.22. The van der Waals surface area contributed by atoms with Crippen LogP contribution < -0.4 is 15.4 Å². The lowest BCUT2D eigenvalue weighted by atomic mass is 10.1. The molecule has 1 aliphatic heterocycles. The molecular weight excluding hydrogens is 432 g/mol. The first kappa shape index (κ1) is 22.0. The molecule has 0 saturated carbocycles. The topological polar surface area (TPSA) is 114 Å². The molecule has 3 heterocycles. The summed E-state index contributed by atoms with van der Waals surface area (Å²) in [6, 6.07) is 13.9. The molecule has 1 amide bonds. The minimum Gasteiger partial charge on any atom is -0.484 e. The van der Waals surface area contributed by atoms with Crippen molar-refractivity contribution in [1.82, 2.24) is 20.1 Å². The minimum atomic E-state index is -0.00175. The highest BCUT2D eigenvalue weighted by Crippen LogP contribution is 2.25. The maximum absolute atomic E-state index is 12.7. The molecule has 0 aliphatic carbocycles. The van der Waals surface area contributed by atoms with Gasteiger partial charge in [0.05, 0.1) is 0 Å². The number of aromatic nitrogens is 3. The number of ether oxygens (including phenoxy) is 1. The van der Waals surface area contributed by atoms with Crippen molar-refractivity contribution in [2.24, 2.45) is 5.73 Å². The lowest BCUT2D eigenvalue weighted by Crippen LogP contribution is -2.50. The third-order valence-corrected chi connectivity index (χ3v) is 6.15. The van der Waals surface area contributed by atoms with Gasteiger partial charge in [-0.05, 0) is 61.0 Å². The summed E-state index contributed by atoms with van der Waals surface area (Å²) < 4.78 is 11.3. The molecule has 0 bridgehead atoms. The van der Waals surface area contributed by atoms with E-state index in [1.807, 2.05) is 53.6 Å². The number of aromatic amines is 1. The summed E-state index contributed by atoms with van der Waals surface area (Å²) in [6.07, 6.45) is 2.78. The minimum absolute atomic E-state index is 0.00175. The Morgan fingerprint density at radius 3 is 2.62 bits per heavy atom. The van der Waals surface area contributed by atoms with Crippen LogP contribution in [0.1, 0.15) is 11.5 Å². The Kier molecular flexibility index (Phi) is 6.18. The molecule has 5 rings (SSSR count). The van der Waals surface area contributed by atoms with Gasteiger partial charge in [0.15, 0.2) is 6.61 Å². The highest BCUT2D eigenvalue weighted by atomic mass is 16.5. The maximum Gasteiger partial charge on any atom is 0.260 e. The number of rotatable bonds is 7. The fourth-order valence-electron chi connectivity index (χ4n) is 4.29. The van der Waals surface area contributed by atoms with Gasteiger partial charge in [0.25, 0.3) is 5.91 Å². The Morgan fingerprint density at radius 1 is 1.12 bits per heavy atom. The lowest BCUT2D eigenvalue weighted by molar-refractivity contribution is -0.133. The van der Waals surface area contributed by atoms with Crippen molar-refractivity contribution >= 4 is 22.5 Å². The van der Waals surface area contributed by atoms with Gasteiger partial charge in [-0.25, -0.2) is 0 Å². The van der Waals surface area contributed by atoms with E-state index in [0.29, 0.717) is 37.2 Å². The van der Waals surface area contributed by atoms with Gasteiger partial charge in [-0.3, -0.25) is 4.79 Å². The van der Waals surface area contributed by atoms with Crippen LogP contribution in [-0.2, 0) is 11.2 Å². The van der Waals surface area contributed by atoms with E-state index in [2.05, 4.69) is 20.1 Å². The van der Waals surface area contributed by atoms with Gasteiger partial charge in [-0.15, -0.1) is 10.2 Å². The summed E-state index contributed by atoms with van der Waals surface area (Å²) in [5.41, 5.74) is 9.90. The molecule has 3 N–H and O–H groups in total. The van der Waals surface area contributed by atoms with Gasteiger partial charge in [0.1, 0.15) is 5.75 Å². The van der Waals surface area contributed by atoms with Gasteiger partial charge in [-0.2, -0.15) is 0 Å². The van der Waals surface area contributed by atoms with Crippen molar-refractivity contribution in [2.45, 2.75) is 13.3 Å². The van der Waals surface area contributed by atoms with Crippen LogP contribution in [0, 0.1) is 6.92 Å². The van der Waals surface area contributed by atoms with Crippen LogP contribution in [0.4, 0.5) is 5.69 Å². The van der Waals surface area contributed by atoms with Crippen LogP contribution in [0.25, 0.3) is 22.4 Å². The summed E-state index contributed by atoms with van der Waals surface area (Å²) >= 11 is 0. The number of amides is 1. The van der Waals surface area contributed by atoms with Crippen molar-refractivity contribution in [3.8, 4) is 17.2 Å². The largest absolute Gasteiger partial charge is 0.484 e. The van der Waals surface area contributed by atoms with Crippen LogP contribution in [0.2, 0.25) is 0 Å². The summed E-state index contributed by atoms with van der Waals surface area (Å²) in [5.74, 6) is 1.75. The van der Waals surface area contributed by atoms with Crippen molar-refractivity contribution in [1.29, 1.82) is 0 Å². The lowest BCUT2D eigenvalue weighted by Gasteiger charge is -2.36. The van der Waals surface area contributed by atoms with Gasteiger partial charge < -0.3 is 29.7 Å². The number of H-pyrrole nitrogens is 1. The number of hydrogen-bond acceptors (Lipinski definition) is 7. The van der Waals surface area contributed by atoms with Gasteiger partial charge in [-0.1, -0.05) is 0 Å². The van der Waals surface area contributed by atoms with Gasteiger partial charge in [0.2, 0.25) is 11.8 Å². The number of piperazine rings is 1. The first-order chi connectivity index (χ1) is 16.6. The molecule has 0 radical (unpaired) electrons. The molecule has 2 aromatic carbocycles. The molecule has 0 unspecified atom stereocenters. The molecule has 1 fully saturated rings. The highest BCUT2D eigenvalue weighted by molar-refractivity contribution is 5.85.